The molecular formula is C14H16N2O2. The van der Waals surface area contributed by atoms with E-state index in [1.807, 2.05) is 30.3 Å². The molecule has 0 radical (unpaired) electrons. The first-order valence-electron chi connectivity index (χ1n) is 5.74. The van der Waals surface area contributed by atoms with Gasteiger partial charge in [-0.25, -0.2) is 0 Å². The molecule has 2 rings (SSSR count). The average molecular weight is 244 g/mol. The summed E-state index contributed by atoms with van der Waals surface area (Å²) in [7, 11) is 1.34. The molecule has 1 atom stereocenters. The van der Waals surface area contributed by atoms with Crippen LogP contribution in [0.25, 0.3) is 10.9 Å². The number of pyridine rings is 1. The van der Waals surface area contributed by atoms with E-state index in [-0.39, 0.29) is 0 Å². The Morgan fingerprint density at radius 2 is 2.22 bits per heavy atom. The third-order valence-electron chi connectivity index (χ3n) is 2.89. The molecule has 2 N–H and O–H groups in total. The molecule has 0 spiro atoms. The lowest BCUT2D eigenvalue weighted by Crippen LogP contribution is -2.47. The summed E-state index contributed by atoms with van der Waals surface area (Å²) in [5.41, 5.74) is 6.80. The minimum Gasteiger partial charge on any atom is -0.468 e. The van der Waals surface area contributed by atoms with Crippen LogP contribution in [0, 0.1) is 0 Å². The number of nitrogens with zero attached hydrogens (tertiary/aromatic N) is 1. The minimum absolute atomic E-state index is 0.413. The van der Waals surface area contributed by atoms with Crippen molar-refractivity contribution in [3.8, 4) is 0 Å². The molecule has 4 nitrogen and oxygen atoms in total. The summed E-state index contributed by atoms with van der Waals surface area (Å²) < 4.78 is 4.70. The number of hydrogen-bond acceptors (Lipinski definition) is 4. The Hall–Kier alpha value is -1.94. The number of ether oxygens (including phenoxy) is 1. The number of aromatic nitrogens is 1. The van der Waals surface area contributed by atoms with Crippen molar-refractivity contribution >= 4 is 16.9 Å². The summed E-state index contributed by atoms with van der Waals surface area (Å²) in [5.74, 6) is -0.413. The molecule has 1 heterocycles. The number of carbonyl (C=O) groups is 1. The minimum atomic E-state index is -1.02. The van der Waals surface area contributed by atoms with Crippen molar-refractivity contribution in [2.24, 2.45) is 5.73 Å². The molecule has 0 aliphatic heterocycles. The van der Waals surface area contributed by atoms with Gasteiger partial charge in [0.25, 0.3) is 0 Å². The summed E-state index contributed by atoms with van der Waals surface area (Å²) in [6.07, 6.45) is 2.17. The van der Waals surface area contributed by atoms with E-state index in [1.165, 1.54) is 7.11 Å². The van der Waals surface area contributed by atoms with Crippen LogP contribution in [0.1, 0.15) is 12.5 Å². The van der Waals surface area contributed by atoms with Crippen LogP contribution in [-0.4, -0.2) is 23.6 Å². The molecule has 0 fully saturated rings. The molecule has 0 aliphatic rings. The summed E-state index contributed by atoms with van der Waals surface area (Å²) in [4.78, 5) is 15.8. The average Bonchev–Trinajstić information content (AvgIpc) is 2.37. The summed E-state index contributed by atoms with van der Waals surface area (Å²) >= 11 is 0. The molecular weight excluding hydrogens is 228 g/mol. The van der Waals surface area contributed by atoms with Crippen LogP contribution in [0.15, 0.2) is 36.5 Å². The van der Waals surface area contributed by atoms with E-state index in [2.05, 4.69) is 4.98 Å². The lowest BCUT2D eigenvalue weighted by molar-refractivity contribution is -0.146. The zero-order valence-electron chi connectivity index (χ0n) is 10.5. The first kappa shape index (κ1) is 12.5. The topological polar surface area (TPSA) is 65.2 Å². The molecule has 0 bridgehead atoms. The van der Waals surface area contributed by atoms with Crippen molar-refractivity contribution in [1.29, 1.82) is 0 Å². The standard InChI is InChI=1S/C14H16N2O2/c1-14(15,13(17)18-2)9-10-5-6-11-4-3-7-16-12(11)8-10/h3-8H,9,15H2,1-2H3. The fourth-order valence-electron chi connectivity index (χ4n) is 1.95. The van der Waals surface area contributed by atoms with Crippen LogP contribution in [0.2, 0.25) is 0 Å². The van der Waals surface area contributed by atoms with Crippen LogP contribution < -0.4 is 5.73 Å². The van der Waals surface area contributed by atoms with Gasteiger partial charge in [0.05, 0.1) is 12.6 Å². The smallest absolute Gasteiger partial charge is 0.325 e. The monoisotopic (exact) mass is 244 g/mol. The second kappa shape index (κ2) is 4.74. The molecule has 0 amide bonds. The van der Waals surface area contributed by atoms with Crippen molar-refractivity contribution in [2.75, 3.05) is 7.11 Å². The number of methoxy groups -OCH3 is 1. The predicted octanol–water partition coefficient (Wildman–Crippen LogP) is 1.67. The highest BCUT2D eigenvalue weighted by Crippen LogP contribution is 2.17. The van der Waals surface area contributed by atoms with Gasteiger partial charge in [0.2, 0.25) is 0 Å². The van der Waals surface area contributed by atoms with Gasteiger partial charge in [-0.2, -0.15) is 0 Å². The molecule has 4 heteroatoms. The van der Waals surface area contributed by atoms with Gasteiger partial charge in [0.15, 0.2) is 0 Å². The van der Waals surface area contributed by atoms with E-state index < -0.39 is 11.5 Å². The Bertz CT molecular complexity index is 579. The van der Waals surface area contributed by atoms with Crippen molar-refractivity contribution in [1.82, 2.24) is 4.98 Å². The third-order valence-corrected chi connectivity index (χ3v) is 2.89. The fourth-order valence-corrected chi connectivity index (χ4v) is 1.95. The molecule has 1 aromatic heterocycles. The number of benzene rings is 1. The largest absolute Gasteiger partial charge is 0.468 e. The maximum atomic E-state index is 11.5. The van der Waals surface area contributed by atoms with Crippen LogP contribution in [0.4, 0.5) is 0 Å². The van der Waals surface area contributed by atoms with E-state index in [0.717, 1.165) is 16.5 Å². The van der Waals surface area contributed by atoms with Gasteiger partial charge in [0, 0.05) is 18.0 Å². The molecule has 1 aromatic carbocycles. The van der Waals surface area contributed by atoms with Crippen molar-refractivity contribution < 1.29 is 9.53 Å². The predicted molar refractivity (Wildman–Crippen MR) is 70.1 cm³/mol. The number of esters is 1. The number of rotatable bonds is 3. The molecule has 0 saturated heterocycles. The lowest BCUT2D eigenvalue weighted by Gasteiger charge is -2.21. The molecule has 2 aromatic rings. The van der Waals surface area contributed by atoms with Crippen molar-refractivity contribution in [3.63, 3.8) is 0 Å². The van der Waals surface area contributed by atoms with Crippen LogP contribution in [-0.2, 0) is 16.0 Å². The van der Waals surface area contributed by atoms with Gasteiger partial charge in [-0.05, 0) is 24.6 Å². The van der Waals surface area contributed by atoms with Crippen LogP contribution in [0.5, 0.6) is 0 Å². The highest BCUT2D eigenvalue weighted by atomic mass is 16.5. The second-order valence-corrected chi connectivity index (χ2v) is 4.62. The zero-order valence-corrected chi connectivity index (χ0v) is 10.5. The van der Waals surface area contributed by atoms with Gasteiger partial charge < -0.3 is 10.5 Å². The van der Waals surface area contributed by atoms with Crippen LogP contribution >= 0.6 is 0 Å². The fraction of sp³-hybridized carbons (Fsp3) is 0.286. The summed E-state index contributed by atoms with van der Waals surface area (Å²) in [6, 6.07) is 9.77. The van der Waals surface area contributed by atoms with Gasteiger partial charge >= 0.3 is 5.97 Å². The normalized spacial score (nSPS) is 14.2. The Balaban J connectivity index is 2.29. The third kappa shape index (κ3) is 2.49. The van der Waals surface area contributed by atoms with E-state index in [9.17, 15) is 4.79 Å². The molecule has 1 unspecified atom stereocenters. The maximum absolute atomic E-state index is 11.5. The Morgan fingerprint density at radius 1 is 1.44 bits per heavy atom. The van der Waals surface area contributed by atoms with E-state index in [0.29, 0.717) is 6.42 Å². The quantitative estimate of drug-likeness (QED) is 0.834. The maximum Gasteiger partial charge on any atom is 0.325 e. The van der Waals surface area contributed by atoms with Gasteiger partial charge in [-0.15, -0.1) is 0 Å². The SMILES string of the molecule is COC(=O)C(C)(N)Cc1ccc2cccnc2c1. The second-order valence-electron chi connectivity index (χ2n) is 4.62. The molecule has 18 heavy (non-hydrogen) atoms. The summed E-state index contributed by atoms with van der Waals surface area (Å²) in [5, 5.41) is 1.07. The highest BCUT2D eigenvalue weighted by molar-refractivity contribution is 5.82. The molecule has 94 valence electrons. The van der Waals surface area contributed by atoms with Gasteiger partial charge in [-0.1, -0.05) is 18.2 Å². The highest BCUT2D eigenvalue weighted by Gasteiger charge is 2.29. The van der Waals surface area contributed by atoms with E-state index in [1.54, 1.807) is 13.1 Å². The number of nitrogens with two attached hydrogens (primary N) is 1. The Labute approximate surface area is 106 Å². The Morgan fingerprint density at radius 3 is 2.94 bits per heavy atom. The molecule has 0 aliphatic carbocycles. The molecule has 0 saturated carbocycles. The summed E-state index contributed by atoms with van der Waals surface area (Å²) in [6.45, 7) is 1.67. The van der Waals surface area contributed by atoms with E-state index in [4.69, 9.17) is 10.5 Å². The van der Waals surface area contributed by atoms with Gasteiger partial charge in [-0.3, -0.25) is 9.78 Å². The number of carbonyl (C=O) groups excluding carboxylic acids is 1. The van der Waals surface area contributed by atoms with E-state index >= 15 is 0 Å². The lowest BCUT2D eigenvalue weighted by atomic mass is 9.93. The van der Waals surface area contributed by atoms with Crippen molar-refractivity contribution in [3.05, 3.63) is 42.1 Å². The van der Waals surface area contributed by atoms with Gasteiger partial charge in [0.1, 0.15) is 5.54 Å². The van der Waals surface area contributed by atoms with Crippen LogP contribution in [0.3, 0.4) is 0 Å². The Kier molecular flexibility index (Phi) is 3.30. The first-order chi connectivity index (χ1) is 8.53. The van der Waals surface area contributed by atoms with Crippen molar-refractivity contribution in [2.45, 2.75) is 18.9 Å². The number of fused-ring (bicyclic) bond motifs is 1. The first-order valence-corrected chi connectivity index (χ1v) is 5.74. The number of hydrogen-bond donors (Lipinski definition) is 1. The zero-order chi connectivity index (χ0) is 13.2.